The van der Waals surface area contributed by atoms with Gasteiger partial charge in [-0.25, -0.2) is 0 Å². The van der Waals surface area contributed by atoms with Crippen molar-refractivity contribution in [3.05, 3.63) is 0 Å². The number of ether oxygens (including phenoxy) is 2. The van der Waals surface area contributed by atoms with Crippen LogP contribution in [-0.2, 0) is 9.47 Å². The molecule has 100 valence electrons. The van der Waals surface area contributed by atoms with Gasteiger partial charge in [-0.1, -0.05) is 0 Å². The first-order valence-corrected chi connectivity index (χ1v) is 6.87. The minimum atomic E-state index is 0.442. The largest absolute Gasteiger partial charge is 0.379 e. The van der Waals surface area contributed by atoms with Crippen LogP contribution < -0.4 is 0 Å². The van der Waals surface area contributed by atoms with Crippen molar-refractivity contribution in [2.45, 2.75) is 31.9 Å². The van der Waals surface area contributed by atoms with Gasteiger partial charge in [0.2, 0.25) is 0 Å². The molecular formula is C13H26N2O2. The van der Waals surface area contributed by atoms with Gasteiger partial charge in [-0.05, 0) is 26.8 Å². The summed E-state index contributed by atoms with van der Waals surface area (Å²) in [5.41, 5.74) is 0. The first-order chi connectivity index (χ1) is 8.25. The predicted octanol–water partition coefficient (Wildman–Crippen LogP) is 0.818. The quantitative estimate of drug-likeness (QED) is 0.728. The summed E-state index contributed by atoms with van der Waals surface area (Å²) in [6, 6.07) is 0.662. The Morgan fingerprint density at radius 3 is 2.65 bits per heavy atom. The number of rotatable bonds is 4. The molecule has 0 amide bonds. The Morgan fingerprint density at radius 1 is 1.18 bits per heavy atom. The summed E-state index contributed by atoms with van der Waals surface area (Å²) in [5, 5.41) is 0. The second-order valence-electron chi connectivity index (χ2n) is 5.33. The van der Waals surface area contributed by atoms with Gasteiger partial charge in [0.1, 0.15) is 0 Å². The van der Waals surface area contributed by atoms with E-state index in [1.54, 1.807) is 0 Å². The SMILES string of the molecule is CC(CCC1CN(C)CCO1)N1CCOCC1. The fourth-order valence-electron chi connectivity index (χ4n) is 2.67. The van der Waals surface area contributed by atoms with E-state index in [2.05, 4.69) is 23.8 Å². The number of nitrogens with zero attached hydrogens (tertiary/aromatic N) is 2. The van der Waals surface area contributed by atoms with Crippen LogP contribution in [0.4, 0.5) is 0 Å². The molecule has 2 atom stereocenters. The van der Waals surface area contributed by atoms with Crippen molar-refractivity contribution in [3.8, 4) is 0 Å². The van der Waals surface area contributed by atoms with Crippen molar-refractivity contribution in [3.63, 3.8) is 0 Å². The number of likely N-dealkylation sites (N-methyl/N-ethyl adjacent to an activating group) is 1. The maximum Gasteiger partial charge on any atom is 0.0703 e. The third-order valence-corrected chi connectivity index (χ3v) is 3.92. The Labute approximate surface area is 105 Å². The van der Waals surface area contributed by atoms with Crippen molar-refractivity contribution in [1.29, 1.82) is 0 Å². The van der Waals surface area contributed by atoms with Gasteiger partial charge < -0.3 is 14.4 Å². The van der Waals surface area contributed by atoms with Gasteiger partial charge >= 0.3 is 0 Å². The highest BCUT2D eigenvalue weighted by molar-refractivity contribution is 4.74. The maximum absolute atomic E-state index is 5.80. The molecule has 17 heavy (non-hydrogen) atoms. The summed E-state index contributed by atoms with van der Waals surface area (Å²) in [5.74, 6) is 0. The molecule has 2 heterocycles. The monoisotopic (exact) mass is 242 g/mol. The highest BCUT2D eigenvalue weighted by Gasteiger charge is 2.21. The van der Waals surface area contributed by atoms with Crippen LogP contribution in [-0.4, -0.2) is 75.0 Å². The average Bonchev–Trinajstić information content (AvgIpc) is 2.37. The molecule has 2 saturated heterocycles. The summed E-state index contributed by atoms with van der Waals surface area (Å²) in [6.07, 6.45) is 2.86. The molecule has 2 rings (SSSR count). The van der Waals surface area contributed by atoms with E-state index >= 15 is 0 Å². The highest BCUT2D eigenvalue weighted by Crippen LogP contribution is 2.14. The lowest BCUT2D eigenvalue weighted by Gasteiger charge is -2.34. The van der Waals surface area contributed by atoms with E-state index in [-0.39, 0.29) is 0 Å². The van der Waals surface area contributed by atoms with Crippen LogP contribution in [0.5, 0.6) is 0 Å². The normalized spacial score (nSPS) is 30.4. The minimum absolute atomic E-state index is 0.442. The summed E-state index contributed by atoms with van der Waals surface area (Å²) in [7, 11) is 2.18. The standard InChI is InChI=1S/C13H26N2O2/c1-12(15-6-8-16-9-7-15)3-4-13-11-14(2)5-10-17-13/h12-13H,3-11H2,1-2H3. The highest BCUT2D eigenvalue weighted by atomic mass is 16.5. The zero-order valence-corrected chi connectivity index (χ0v) is 11.2. The van der Waals surface area contributed by atoms with E-state index in [0.29, 0.717) is 12.1 Å². The van der Waals surface area contributed by atoms with Gasteiger partial charge in [-0.2, -0.15) is 0 Å². The van der Waals surface area contributed by atoms with Gasteiger partial charge in [0.25, 0.3) is 0 Å². The van der Waals surface area contributed by atoms with Gasteiger partial charge in [0.05, 0.1) is 25.9 Å². The zero-order valence-electron chi connectivity index (χ0n) is 11.2. The Hall–Kier alpha value is -0.160. The van der Waals surface area contributed by atoms with E-state index in [1.165, 1.54) is 12.8 Å². The molecule has 0 aromatic rings. The zero-order chi connectivity index (χ0) is 12.1. The van der Waals surface area contributed by atoms with E-state index < -0.39 is 0 Å². The number of morpholine rings is 2. The molecule has 0 radical (unpaired) electrons. The molecule has 0 spiro atoms. The van der Waals surface area contributed by atoms with Crippen LogP contribution in [0.15, 0.2) is 0 Å². The second-order valence-corrected chi connectivity index (χ2v) is 5.33. The van der Waals surface area contributed by atoms with Crippen molar-refractivity contribution >= 4 is 0 Å². The maximum atomic E-state index is 5.80. The predicted molar refractivity (Wildman–Crippen MR) is 68.3 cm³/mol. The molecule has 4 heteroatoms. The first-order valence-electron chi connectivity index (χ1n) is 6.87. The minimum Gasteiger partial charge on any atom is -0.379 e. The lowest BCUT2D eigenvalue weighted by Crippen LogP contribution is -2.44. The smallest absolute Gasteiger partial charge is 0.0703 e. The lowest BCUT2D eigenvalue weighted by molar-refractivity contribution is -0.0307. The Kier molecular flexibility index (Phi) is 5.22. The summed E-state index contributed by atoms with van der Waals surface area (Å²) < 4.78 is 11.2. The molecule has 0 N–H and O–H groups in total. The topological polar surface area (TPSA) is 24.9 Å². The van der Waals surface area contributed by atoms with Crippen molar-refractivity contribution < 1.29 is 9.47 Å². The summed E-state index contributed by atoms with van der Waals surface area (Å²) >= 11 is 0. The van der Waals surface area contributed by atoms with Gasteiger partial charge in [-0.15, -0.1) is 0 Å². The van der Waals surface area contributed by atoms with Gasteiger partial charge in [0.15, 0.2) is 0 Å². The fraction of sp³-hybridized carbons (Fsp3) is 1.00. The summed E-state index contributed by atoms with van der Waals surface area (Å²) in [4.78, 5) is 4.91. The molecule has 4 nitrogen and oxygen atoms in total. The van der Waals surface area contributed by atoms with E-state index in [1.807, 2.05) is 0 Å². The molecule has 0 saturated carbocycles. The van der Waals surface area contributed by atoms with Crippen molar-refractivity contribution in [1.82, 2.24) is 9.80 Å². The van der Waals surface area contributed by atoms with Crippen LogP contribution in [0.2, 0.25) is 0 Å². The third kappa shape index (κ3) is 4.21. The Morgan fingerprint density at radius 2 is 1.94 bits per heavy atom. The number of hydrogen-bond acceptors (Lipinski definition) is 4. The molecule has 2 fully saturated rings. The van der Waals surface area contributed by atoms with Crippen LogP contribution in [0, 0.1) is 0 Å². The molecule has 2 aliphatic heterocycles. The van der Waals surface area contributed by atoms with Gasteiger partial charge in [0, 0.05) is 32.2 Å². The second kappa shape index (κ2) is 6.69. The molecule has 0 aromatic carbocycles. The van der Waals surface area contributed by atoms with Crippen LogP contribution in [0.25, 0.3) is 0 Å². The van der Waals surface area contributed by atoms with E-state index in [4.69, 9.17) is 9.47 Å². The van der Waals surface area contributed by atoms with Crippen LogP contribution in [0.3, 0.4) is 0 Å². The van der Waals surface area contributed by atoms with Crippen LogP contribution >= 0.6 is 0 Å². The third-order valence-electron chi connectivity index (χ3n) is 3.92. The fourth-order valence-corrected chi connectivity index (χ4v) is 2.67. The molecule has 2 aliphatic rings. The Bertz CT molecular complexity index is 219. The van der Waals surface area contributed by atoms with Crippen molar-refractivity contribution in [2.75, 3.05) is 53.0 Å². The first kappa shape index (κ1) is 13.3. The number of hydrogen-bond donors (Lipinski definition) is 0. The van der Waals surface area contributed by atoms with Crippen LogP contribution in [0.1, 0.15) is 19.8 Å². The molecular weight excluding hydrogens is 216 g/mol. The lowest BCUT2D eigenvalue weighted by atomic mass is 10.1. The van der Waals surface area contributed by atoms with Gasteiger partial charge in [-0.3, -0.25) is 4.90 Å². The van der Waals surface area contributed by atoms with E-state index in [9.17, 15) is 0 Å². The molecule has 0 aromatic heterocycles. The average molecular weight is 242 g/mol. The molecule has 0 aliphatic carbocycles. The summed E-state index contributed by atoms with van der Waals surface area (Å²) in [6.45, 7) is 9.37. The molecule has 2 unspecified atom stereocenters. The molecule has 0 bridgehead atoms. The Balaban J connectivity index is 1.66. The van der Waals surface area contributed by atoms with Crippen molar-refractivity contribution in [2.24, 2.45) is 0 Å². The van der Waals surface area contributed by atoms with E-state index in [0.717, 1.165) is 46.0 Å².